The minimum atomic E-state index is -0.575. The standard InChI is InChI=1S/C12H12FN3O/c13-9-6-4-8(5-7-9)12-15-14-10-2-1-3-11(17)16(10)12/h4-7,11,17H,1-3H2. The van der Waals surface area contributed by atoms with Gasteiger partial charge >= 0.3 is 0 Å². The van der Waals surface area contributed by atoms with Gasteiger partial charge in [-0.25, -0.2) is 4.39 Å². The molecule has 0 saturated heterocycles. The Morgan fingerprint density at radius 2 is 2.00 bits per heavy atom. The maximum Gasteiger partial charge on any atom is 0.166 e. The molecule has 0 spiro atoms. The molecule has 0 aliphatic carbocycles. The predicted molar refractivity (Wildman–Crippen MR) is 59.6 cm³/mol. The van der Waals surface area contributed by atoms with E-state index in [-0.39, 0.29) is 5.82 Å². The van der Waals surface area contributed by atoms with E-state index >= 15 is 0 Å². The molecule has 1 atom stereocenters. The van der Waals surface area contributed by atoms with Crippen LogP contribution in [-0.2, 0) is 6.42 Å². The molecule has 0 amide bonds. The summed E-state index contributed by atoms with van der Waals surface area (Å²) in [5, 5.41) is 18.1. The Labute approximate surface area is 97.7 Å². The van der Waals surface area contributed by atoms with Crippen LogP contribution in [0.5, 0.6) is 0 Å². The van der Waals surface area contributed by atoms with E-state index in [0.717, 1.165) is 24.2 Å². The Morgan fingerprint density at radius 1 is 1.24 bits per heavy atom. The van der Waals surface area contributed by atoms with E-state index in [1.165, 1.54) is 12.1 Å². The summed E-state index contributed by atoms with van der Waals surface area (Å²) < 4.78 is 14.6. The molecule has 1 aliphatic rings. The fraction of sp³-hybridized carbons (Fsp3) is 0.333. The maximum atomic E-state index is 12.9. The van der Waals surface area contributed by atoms with Crippen molar-refractivity contribution in [2.75, 3.05) is 0 Å². The number of halogens is 1. The molecule has 4 nitrogen and oxygen atoms in total. The number of aromatic nitrogens is 3. The van der Waals surface area contributed by atoms with Crippen LogP contribution in [0.3, 0.4) is 0 Å². The summed E-state index contributed by atoms with van der Waals surface area (Å²) in [6, 6.07) is 6.06. The zero-order valence-electron chi connectivity index (χ0n) is 9.17. The highest BCUT2D eigenvalue weighted by Gasteiger charge is 2.23. The smallest absolute Gasteiger partial charge is 0.166 e. The minimum absolute atomic E-state index is 0.285. The Bertz CT molecular complexity index is 535. The molecule has 2 heterocycles. The lowest BCUT2D eigenvalue weighted by Gasteiger charge is -2.21. The summed E-state index contributed by atoms with van der Waals surface area (Å²) in [6.45, 7) is 0. The molecule has 0 radical (unpaired) electrons. The van der Waals surface area contributed by atoms with Crippen molar-refractivity contribution in [3.05, 3.63) is 35.9 Å². The third kappa shape index (κ3) is 1.72. The van der Waals surface area contributed by atoms with Crippen LogP contribution < -0.4 is 0 Å². The molecule has 0 fully saturated rings. The first kappa shape index (κ1) is 10.4. The topological polar surface area (TPSA) is 50.9 Å². The predicted octanol–water partition coefficient (Wildman–Crippen LogP) is 1.91. The SMILES string of the molecule is OC1CCCc2nnc(-c3ccc(F)cc3)n21. The third-order valence-corrected chi connectivity index (χ3v) is 3.03. The van der Waals surface area contributed by atoms with Gasteiger partial charge in [0.2, 0.25) is 0 Å². The van der Waals surface area contributed by atoms with Gasteiger partial charge < -0.3 is 5.11 Å². The van der Waals surface area contributed by atoms with Crippen LogP contribution in [0.15, 0.2) is 24.3 Å². The minimum Gasteiger partial charge on any atom is -0.373 e. The quantitative estimate of drug-likeness (QED) is 0.818. The van der Waals surface area contributed by atoms with Gasteiger partial charge in [0, 0.05) is 12.0 Å². The van der Waals surface area contributed by atoms with Crippen LogP contribution in [0.2, 0.25) is 0 Å². The third-order valence-electron chi connectivity index (χ3n) is 3.03. The van der Waals surface area contributed by atoms with Crippen molar-refractivity contribution in [1.29, 1.82) is 0 Å². The van der Waals surface area contributed by atoms with Crippen LogP contribution in [0.4, 0.5) is 4.39 Å². The van der Waals surface area contributed by atoms with Crippen LogP contribution in [-0.4, -0.2) is 19.9 Å². The first-order chi connectivity index (χ1) is 8.25. The van der Waals surface area contributed by atoms with Crippen LogP contribution in [0.1, 0.15) is 24.9 Å². The number of nitrogens with zero attached hydrogens (tertiary/aromatic N) is 3. The summed E-state index contributed by atoms with van der Waals surface area (Å²) in [5.74, 6) is 1.11. The number of rotatable bonds is 1. The van der Waals surface area contributed by atoms with Gasteiger partial charge in [0.25, 0.3) is 0 Å². The number of aliphatic hydroxyl groups is 1. The zero-order valence-corrected chi connectivity index (χ0v) is 9.17. The fourth-order valence-electron chi connectivity index (χ4n) is 2.17. The van der Waals surface area contributed by atoms with Crippen molar-refractivity contribution in [3.63, 3.8) is 0 Å². The molecule has 88 valence electrons. The summed E-state index contributed by atoms with van der Waals surface area (Å²) >= 11 is 0. The van der Waals surface area contributed by atoms with Crippen LogP contribution in [0, 0.1) is 5.82 Å². The van der Waals surface area contributed by atoms with E-state index in [4.69, 9.17) is 0 Å². The number of hydrogen-bond acceptors (Lipinski definition) is 3. The second-order valence-corrected chi connectivity index (χ2v) is 4.19. The summed E-state index contributed by atoms with van der Waals surface area (Å²) in [4.78, 5) is 0. The summed E-state index contributed by atoms with van der Waals surface area (Å²) in [6.07, 6.45) is 1.88. The lowest BCUT2D eigenvalue weighted by Crippen LogP contribution is -2.18. The Hall–Kier alpha value is -1.75. The van der Waals surface area contributed by atoms with Crippen molar-refractivity contribution in [2.24, 2.45) is 0 Å². The Balaban J connectivity index is 2.09. The molecule has 1 aliphatic heterocycles. The van der Waals surface area contributed by atoms with Gasteiger partial charge in [-0.05, 0) is 37.1 Å². The molecule has 1 aromatic heterocycles. The number of aliphatic hydroxyl groups excluding tert-OH is 1. The lowest BCUT2D eigenvalue weighted by atomic mass is 10.1. The van der Waals surface area contributed by atoms with Gasteiger partial charge in [-0.2, -0.15) is 0 Å². The van der Waals surface area contributed by atoms with Gasteiger partial charge in [-0.15, -0.1) is 10.2 Å². The summed E-state index contributed by atoms with van der Waals surface area (Å²) in [7, 11) is 0. The molecule has 17 heavy (non-hydrogen) atoms. The van der Waals surface area contributed by atoms with Crippen molar-refractivity contribution >= 4 is 0 Å². The molecule has 0 bridgehead atoms. The highest BCUT2D eigenvalue weighted by molar-refractivity contribution is 5.55. The average Bonchev–Trinajstić information content (AvgIpc) is 2.75. The monoisotopic (exact) mass is 233 g/mol. The number of hydrogen-bond donors (Lipinski definition) is 1. The number of fused-ring (bicyclic) bond motifs is 1. The Kier molecular flexibility index (Phi) is 2.40. The number of aryl methyl sites for hydroxylation is 1. The second kappa shape index (κ2) is 3.92. The molecule has 1 unspecified atom stereocenters. The Morgan fingerprint density at radius 3 is 2.76 bits per heavy atom. The van der Waals surface area contributed by atoms with E-state index in [9.17, 15) is 9.50 Å². The van der Waals surface area contributed by atoms with Crippen molar-refractivity contribution in [1.82, 2.24) is 14.8 Å². The van der Waals surface area contributed by atoms with Gasteiger partial charge in [-0.1, -0.05) is 0 Å². The van der Waals surface area contributed by atoms with Crippen molar-refractivity contribution in [2.45, 2.75) is 25.5 Å². The highest BCUT2D eigenvalue weighted by Crippen LogP contribution is 2.28. The average molecular weight is 233 g/mol. The van der Waals surface area contributed by atoms with Gasteiger partial charge in [0.15, 0.2) is 5.82 Å². The van der Waals surface area contributed by atoms with E-state index in [1.54, 1.807) is 16.7 Å². The van der Waals surface area contributed by atoms with E-state index in [0.29, 0.717) is 12.2 Å². The summed E-state index contributed by atoms with van der Waals surface area (Å²) in [5.41, 5.74) is 0.770. The highest BCUT2D eigenvalue weighted by atomic mass is 19.1. The van der Waals surface area contributed by atoms with Gasteiger partial charge in [0.05, 0.1) is 0 Å². The molecule has 3 rings (SSSR count). The van der Waals surface area contributed by atoms with Crippen LogP contribution in [0.25, 0.3) is 11.4 Å². The molecule has 2 aromatic rings. The largest absolute Gasteiger partial charge is 0.373 e. The normalized spacial score (nSPS) is 19.1. The zero-order chi connectivity index (χ0) is 11.8. The molecule has 1 N–H and O–H groups in total. The lowest BCUT2D eigenvalue weighted by molar-refractivity contribution is 0.0796. The van der Waals surface area contributed by atoms with Crippen LogP contribution >= 0.6 is 0 Å². The first-order valence-corrected chi connectivity index (χ1v) is 5.63. The second-order valence-electron chi connectivity index (χ2n) is 4.19. The van der Waals surface area contributed by atoms with E-state index in [1.807, 2.05) is 0 Å². The van der Waals surface area contributed by atoms with E-state index < -0.39 is 6.23 Å². The maximum absolute atomic E-state index is 12.9. The van der Waals surface area contributed by atoms with Gasteiger partial charge in [0.1, 0.15) is 17.9 Å². The van der Waals surface area contributed by atoms with Gasteiger partial charge in [-0.3, -0.25) is 4.57 Å². The van der Waals surface area contributed by atoms with E-state index in [2.05, 4.69) is 10.2 Å². The molecule has 5 heteroatoms. The number of benzene rings is 1. The van der Waals surface area contributed by atoms with Crippen molar-refractivity contribution < 1.29 is 9.50 Å². The van der Waals surface area contributed by atoms with Crippen molar-refractivity contribution in [3.8, 4) is 11.4 Å². The first-order valence-electron chi connectivity index (χ1n) is 5.63. The fourth-order valence-corrected chi connectivity index (χ4v) is 2.17. The molecular weight excluding hydrogens is 221 g/mol. The molecule has 1 aromatic carbocycles. The molecule has 0 saturated carbocycles. The molecular formula is C12H12FN3O.